The van der Waals surface area contributed by atoms with Crippen LogP contribution in [0.15, 0.2) is 0 Å². The van der Waals surface area contributed by atoms with Crippen molar-refractivity contribution in [2.75, 3.05) is 6.54 Å². The Morgan fingerprint density at radius 1 is 1.18 bits per heavy atom. The van der Waals surface area contributed by atoms with Gasteiger partial charge in [-0.2, -0.15) is 5.26 Å². The predicted octanol–water partition coefficient (Wildman–Crippen LogP) is 1.53. The minimum Gasteiger partial charge on any atom is -0.285 e. The van der Waals surface area contributed by atoms with Gasteiger partial charge in [-0.3, -0.25) is 4.90 Å². The Labute approximate surface area is 67.8 Å². The quantitative estimate of drug-likeness (QED) is 0.523. The molecule has 60 valence electrons. The summed E-state index contributed by atoms with van der Waals surface area (Å²) in [5.74, 6) is 0. The molecule has 0 spiro atoms. The molecule has 0 unspecified atom stereocenters. The zero-order chi connectivity index (χ0) is 7.68. The molecule has 2 atom stereocenters. The summed E-state index contributed by atoms with van der Waals surface area (Å²) in [6.45, 7) is 1.17. The number of hydrogen-bond donors (Lipinski definition) is 0. The molecule has 0 aromatic rings. The van der Waals surface area contributed by atoms with E-state index in [0.717, 1.165) is 12.5 Å². The molecule has 2 nitrogen and oxygen atoms in total. The van der Waals surface area contributed by atoms with Gasteiger partial charge in [0.25, 0.3) is 0 Å². The largest absolute Gasteiger partial charge is 0.285 e. The summed E-state index contributed by atoms with van der Waals surface area (Å²) < 4.78 is 0. The normalized spacial score (nSPS) is 38.1. The fourth-order valence-electron chi connectivity index (χ4n) is 2.43. The smallest absolute Gasteiger partial charge is 0.0980 e. The zero-order valence-electron chi connectivity index (χ0n) is 6.79. The predicted molar refractivity (Wildman–Crippen MR) is 43.0 cm³/mol. The van der Waals surface area contributed by atoms with Crippen LogP contribution in [0.4, 0.5) is 0 Å². The Balaban J connectivity index is 2.08. The summed E-state index contributed by atoms with van der Waals surface area (Å²) in [4.78, 5) is 2.41. The van der Waals surface area contributed by atoms with Crippen LogP contribution in [0.2, 0.25) is 0 Å². The van der Waals surface area contributed by atoms with E-state index < -0.39 is 0 Å². The highest BCUT2D eigenvalue weighted by Gasteiger charge is 2.33. The fourth-order valence-corrected chi connectivity index (χ4v) is 2.43. The molecule has 0 saturated carbocycles. The molecular formula is C9H14N2. The van der Waals surface area contributed by atoms with Gasteiger partial charge in [0.05, 0.1) is 12.1 Å². The van der Waals surface area contributed by atoms with Gasteiger partial charge in [0, 0.05) is 6.04 Å². The Hall–Kier alpha value is -0.550. The van der Waals surface area contributed by atoms with Crippen molar-refractivity contribution in [2.24, 2.45) is 0 Å². The van der Waals surface area contributed by atoms with Gasteiger partial charge < -0.3 is 0 Å². The van der Waals surface area contributed by atoms with Crippen LogP contribution in [0.1, 0.15) is 32.1 Å². The molecule has 0 aliphatic carbocycles. The summed E-state index contributed by atoms with van der Waals surface area (Å²) in [6.07, 6.45) is 6.34. The lowest BCUT2D eigenvalue weighted by Gasteiger charge is -2.33. The first-order valence-corrected chi connectivity index (χ1v) is 4.57. The van der Waals surface area contributed by atoms with Crippen LogP contribution in [0, 0.1) is 11.3 Å². The first kappa shape index (κ1) is 7.12. The molecule has 2 aliphatic rings. The highest BCUT2D eigenvalue weighted by molar-refractivity contribution is 4.99. The topological polar surface area (TPSA) is 27.0 Å². The standard InChI is InChI=1S/C9H14N2/c10-7-9-4-1-3-8-5-2-6-11(8)9/h8-9H,1-6H2/t8-,9-/m0/s1. The number of fused-ring (bicyclic) bond motifs is 1. The molecule has 2 saturated heterocycles. The second kappa shape index (κ2) is 2.83. The van der Waals surface area contributed by atoms with Gasteiger partial charge in [0.15, 0.2) is 0 Å². The van der Waals surface area contributed by atoms with E-state index in [0.29, 0.717) is 0 Å². The number of hydrogen-bond acceptors (Lipinski definition) is 2. The van der Waals surface area contributed by atoms with Crippen LogP contribution in [0.5, 0.6) is 0 Å². The molecule has 2 heteroatoms. The Bertz CT molecular complexity index is 182. The van der Waals surface area contributed by atoms with E-state index in [-0.39, 0.29) is 6.04 Å². The van der Waals surface area contributed by atoms with Crippen LogP contribution in [-0.2, 0) is 0 Å². The molecule has 0 N–H and O–H groups in total. The van der Waals surface area contributed by atoms with Crippen molar-refractivity contribution in [3.05, 3.63) is 0 Å². The van der Waals surface area contributed by atoms with Gasteiger partial charge in [-0.05, 0) is 38.6 Å². The van der Waals surface area contributed by atoms with Crippen molar-refractivity contribution in [3.8, 4) is 6.07 Å². The first-order chi connectivity index (χ1) is 5.42. The highest BCUT2D eigenvalue weighted by atomic mass is 15.2. The monoisotopic (exact) mass is 150 g/mol. The number of rotatable bonds is 0. The summed E-state index contributed by atoms with van der Waals surface area (Å²) in [5.41, 5.74) is 0. The van der Waals surface area contributed by atoms with E-state index in [1.54, 1.807) is 0 Å². The molecule has 11 heavy (non-hydrogen) atoms. The number of nitrogens with zero attached hydrogens (tertiary/aromatic N) is 2. The maximum absolute atomic E-state index is 8.85. The van der Waals surface area contributed by atoms with E-state index in [4.69, 9.17) is 5.26 Å². The minimum atomic E-state index is 0.247. The van der Waals surface area contributed by atoms with Gasteiger partial charge in [0.2, 0.25) is 0 Å². The minimum absolute atomic E-state index is 0.247. The summed E-state index contributed by atoms with van der Waals surface area (Å²) in [7, 11) is 0. The lowest BCUT2D eigenvalue weighted by molar-refractivity contribution is 0.157. The molecule has 0 aromatic carbocycles. The average Bonchev–Trinajstić information content (AvgIpc) is 2.50. The van der Waals surface area contributed by atoms with E-state index in [9.17, 15) is 0 Å². The molecule has 0 amide bonds. The Morgan fingerprint density at radius 2 is 2.00 bits per heavy atom. The third-order valence-corrected chi connectivity index (χ3v) is 2.99. The summed E-state index contributed by atoms with van der Waals surface area (Å²) >= 11 is 0. The third kappa shape index (κ3) is 1.14. The molecule has 2 aliphatic heterocycles. The zero-order valence-corrected chi connectivity index (χ0v) is 6.79. The van der Waals surface area contributed by atoms with Crippen molar-refractivity contribution >= 4 is 0 Å². The number of piperidine rings is 1. The second-order valence-corrected chi connectivity index (χ2v) is 3.61. The van der Waals surface area contributed by atoms with Crippen molar-refractivity contribution in [3.63, 3.8) is 0 Å². The lowest BCUT2D eigenvalue weighted by Crippen LogP contribution is -2.41. The van der Waals surface area contributed by atoms with Crippen LogP contribution in [0.3, 0.4) is 0 Å². The van der Waals surface area contributed by atoms with Gasteiger partial charge in [-0.15, -0.1) is 0 Å². The molecular weight excluding hydrogens is 136 g/mol. The van der Waals surface area contributed by atoms with Crippen molar-refractivity contribution in [1.82, 2.24) is 4.90 Å². The van der Waals surface area contributed by atoms with Crippen molar-refractivity contribution in [2.45, 2.75) is 44.2 Å². The Kier molecular flexibility index (Phi) is 1.83. The summed E-state index contributed by atoms with van der Waals surface area (Å²) in [5, 5.41) is 8.85. The Morgan fingerprint density at radius 3 is 2.82 bits per heavy atom. The van der Waals surface area contributed by atoms with Gasteiger partial charge in [0.1, 0.15) is 0 Å². The molecule has 2 heterocycles. The second-order valence-electron chi connectivity index (χ2n) is 3.61. The van der Waals surface area contributed by atoms with Gasteiger partial charge in [-0.1, -0.05) is 0 Å². The molecule has 2 fully saturated rings. The molecule has 0 radical (unpaired) electrons. The maximum atomic E-state index is 8.85. The molecule has 0 aromatic heterocycles. The van der Waals surface area contributed by atoms with E-state index >= 15 is 0 Å². The average molecular weight is 150 g/mol. The maximum Gasteiger partial charge on any atom is 0.0980 e. The highest BCUT2D eigenvalue weighted by Crippen LogP contribution is 2.30. The van der Waals surface area contributed by atoms with Gasteiger partial charge >= 0.3 is 0 Å². The van der Waals surface area contributed by atoms with Gasteiger partial charge in [-0.25, -0.2) is 0 Å². The van der Waals surface area contributed by atoms with E-state index in [1.807, 2.05) is 0 Å². The van der Waals surface area contributed by atoms with Crippen LogP contribution < -0.4 is 0 Å². The number of nitriles is 1. The van der Waals surface area contributed by atoms with Crippen LogP contribution >= 0.6 is 0 Å². The SMILES string of the molecule is N#C[C@@H]1CCC[C@H]2CCCN21. The fraction of sp³-hybridized carbons (Fsp3) is 0.889. The van der Waals surface area contributed by atoms with Crippen LogP contribution in [0.25, 0.3) is 0 Å². The lowest BCUT2D eigenvalue weighted by atomic mass is 9.97. The van der Waals surface area contributed by atoms with Crippen LogP contribution in [-0.4, -0.2) is 23.5 Å². The first-order valence-electron chi connectivity index (χ1n) is 4.57. The van der Waals surface area contributed by atoms with Crippen molar-refractivity contribution < 1.29 is 0 Å². The molecule has 2 rings (SSSR count). The summed E-state index contributed by atoms with van der Waals surface area (Å²) in [6, 6.07) is 3.41. The third-order valence-electron chi connectivity index (χ3n) is 2.99. The van der Waals surface area contributed by atoms with Crippen molar-refractivity contribution in [1.29, 1.82) is 5.26 Å². The van der Waals surface area contributed by atoms with E-state index in [2.05, 4.69) is 11.0 Å². The van der Waals surface area contributed by atoms with E-state index in [1.165, 1.54) is 32.2 Å². The molecule has 0 bridgehead atoms.